The summed E-state index contributed by atoms with van der Waals surface area (Å²) in [7, 11) is 0. The highest BCUT2D eigenvalue weighted by atomic mass is 35.5. The number of hydrogen-bond acceptors (Lipinski definition) is 4. The van der Waals surface area contributed by atoms with Gasteiger partial charge in [-0.15, -0.1) is 0 Å². The summed E-state index contributed by atoms with van der Waals surface area (Å²) in [6.45, 7) is 1.29. The van der Waals surface area contributed by atoms with Crippen molar-refractivity contribution in [3.8, 4) is 0 Å². The largest absolute Gasteiger partial charge is 0.480 e. The van der Waals surface area contributed by atoms with E-state index in [-0.39, 0.29) is 24.2 Å². The van der Waals surface area contributed by atoms with E-state index in [0.717, 1.165) is 6.42 Å². The van der Waals surface area contributed by atoms with Gasteiger partial charge in [0.1, 0.15) is 6.04 Å². The molecule has 0 aromatic heterocycles. The van der Waals surface area contributed by atoms with Crippen molar-refractivity contribution in [1.82, 2.24) is 10.6 Å². The topological polar surface area (TPSA) is 105 Å². The molecule has 1 heterocycles. The van der Waals surface area contributed by atoms with Crippen LogP contribution in [-0.2, 0) is 14.3 Å². The monoisotopic (exact) mass is 382 g/mol. The van der Waals surface area contributed by atoms with Crippen LogP contribution in [0, 0.1) is 5.92 Å². The lowest BCUT2D eigenvalue weighted by Gasteiger charge is -2.28. The number of carboxylic acids is 1. The van der Waals surface area contributed by atoms with Crippen LogP contribution >= 0.6 is 11.6 Å². The summed E-state index contributed by atoms with van der Waals surface area (Å²) < 4.78 is 5.30. The number of halogens is 1. The van der Waals surface area contributed by atoms with E-state index < -0.39 is 12.0 Å². The van der Waals surface area contributed by atoms with Crippen LogP contribution < -0.4 is 10.6 Å². The van der Waals surface area contributed by atoms with E-state index in [0.29, 0.717) is 43.2 Å². The van der Waals surface area contributed by atoms with Crippen LogP contribution in [0.15, 0.2) is 24.3 Å². The summed E-state index contributed by atoms with van der Waals surface area (Å²) in [6, 6.07) is 5.56. The Bertz CT molecular complexity index is 629. The van der Waals surface area contributed by atoms with Gasteiger partial charge in [-0.05, 0) is 43.5 Å². The molecule has 1 aliphatic rings. The average molecular weight is 383 g/mol. The van der Waals surface area contributed by atoms with Crippen molar-refractivity contribution in [3.05, 3.63) is 34.9 Å². The first-order valence-electron chi connectivity index (χ1n) is 8.61. The Balaban J connectivity index is 1.71. The molecule has 0 spiro atoms. The second-order valence-corrected chi connectivity index (χ2v) is 6.66. The fourth-order valence-electron chi connectivity index (χ4n) is 2.81. The van der Waals surface area contributed by atoms with Gasteiger partial charge < -0.3 is 20.5 Å². The molecule has 1 aromatic rings. The fraction of sp³-hybridized carbons (Fsp3) is 0.500. The second-order valence-electron chi connectivity index (χ2n) is 6.23. The molecule has 1 saturated heterocycles. The molecule has 2 rings (SSSR count). The molecule has 8 heteroatoms. The van der Waals surface area contributed by atoms with Crippen LogP contribution in [0.3, 0.4) is 0 Å². The van der Waals surface area contributed by atoms with Crippen LogP contribution in [0.25, 0.3) is 0 Å². The number of carboxylic acid groups (broad SMARTS) is 1. The second kappa shape index (κ2) is 10.1. The van der Waals surface area contributed by atoms with Gasteiger partial charge in [0.25, 0.3) is 5.91 Å². The molecule has 2 unspecified atom stereocenters. The SMILES string of the molecule is O=C(CCCNC(=O)c1ccc(Cl)cc1)NC(C(=O)O)C1CCCOC1. The van der Waals surface area contributed by atoms with Crippen LogP contribution in [0.2, 0.25) is 5.02 Å². The Morgan fingerprint density at radius 3 is 2.62 bits per heavy atom. The number of nitrogens with one attached hydrogen (secondary N) is 2. The molecule has 142 valence electrons. The molecular weight excluding hydrogens is 360 g/mol. The van der Waals surface area contributed by atoms with Crippen LogP contribution in [0.4, 0.5) is 0 Å². The molecule has 0 saturated carbocycles. The number of amides is 2. The van der Waals surface area contributed by atoms with Crippen molar-refractivity contribution in [2.45, 2.75) is 31.7 Å². The zero-order chi connectivity index (χ0) is 18.9. The first-order chi connectivity index (χ1) is 12.5. The van der Waals surface area contributed by atoms with Crippen molar-refractivity contribution < 1.29 is 24.2 Å². The average Bonchev–Trinajstić information content (AvgIpc) is 2.64. The number of carbonyl (C=O) groups excluding carboxylic acids is 2. The Kier molecular flexibility index (Phi) is 7.87. The van der Waals surface area contributed by atoms with Gasteiger partial charge in [-0.1, -0.05) is 11.6 Å². The van der Waals surface area contributed by atoms with Crippen molar-refractivity contribution in [2.24, 2.45) is 5.92 Å². The molecule has 0 bridgehead atoms. The third-order valence-corrected chi connectivity index (χ3v) is 4.47. The van der Waals surface area contributed by atoms with Crippen molar-refractivity contribution in [3.63, 3.8) is 0 Å². The van der Waals surface area contributed by atoms with Gasteiger partial charge in [0.2, 0.25) is 5.91 Å². The zero-order valence-electron chi connectivity index (χ0n) is 14.4. The lowest BCUT2D eigenvalue weighted by atomic mass is 9.93. The van der Waals surface area contributed by atoms with Crippen LogP contribution in [0.5, 0.6) is 0 Å². The Morgan fingerprint density at radius 1 is 1.27 bits per heavy atom. The van der Waals surface area contributed by atoms with Gasteiger partial charge in [-0.3, -0.25) is 9.59 Å². The molecular formula is C18H23ClN2O5. The Morgan fingerprint density at radius 2 is 2.00 bits per heavy atom. The van der Waals surface area contributed by atoms with Crippen LogP contribution in [0.1, 0.15) is 36.0 Å². The lowest BCUT2D eigenvalue weighted by molar-refractivity contribution is -0.145. The van der Waals surface area contributed by atoms with Gasteiger partial charge in [-0.25, -0.2) is 4.79 Å². The van der Waals surface area contributed by atoms with Gasteiger partial charge >= 0.3 is 5.97 Å². The molecule has 7 nitrogen and oxygen atoms in total. The van der Waals surface area contributed by atoms with Crippen molar-refractivity contribution in [1.29, 1.82) is 0 Å². The third kappa shape index (κ3) is 6.31. The van der Waals surface area contributed by atoms with Gasteiger partial charge in [-0.2, -0.15) is 0 Å². The Labute approximate surface area is 157 Å². The van der Waals surface area contributed by atoms with Crippen molar-refractivity contribution in [2.75, 3.05) is 19.8 Å². The molecule has 26 heavy (non-hydrogen) atoms. The maximum absolute atomic E-state index is 12.0. The normalized spacial score (nSPS) is 18.0. The van der Waals surface area contributed by atoms with Gasteiger partial charge in [0.05, 0.1) is 6.61 Å². The fourth-order valence-corrected chi connectivity index (χ4v) is 2.94. The van der Waals surface area contributed by atoms with E-state index in [1.165, 1.54) is 0 Å². The smallest absolute Gasteiger partial charge is 0.326 e. The number of ether oxygens (including phenoxy) is 1. The van der Waals surface area contributed by atoms with E-state index in [4.69, 9.17) is 16.3 Å². The quantitative estimate of drug-likeness (QED) is 0.595. The van der Waals surface area contributed by atoms with E-state index in [9.17, 15) is 19.5 Å². The van der Waals surface area contributed by atoms with E-state index in [1.54, 1.807) is 24.3 Å². The summed E-state index contributed by atoms with van der Waals surface area (Å²) in [5, 5.41) is 15.2. The molecule has 1 aromatic carbocycles. The summed E-state index contributed by atoms with van der Waals surface area (Å²) in [4.78, 5) is 35.3. The predicted octanol–water partition coefficient (Wildman–Crippen LogP) is 1.85. The molecule has 3 N–H and O–H groups in total. The van der Waals surface area contributed by atoms with E-state index in [1.807, 2.05) is 0 Å². The minimum atomic E-state index is -1.05. The highest BCUT2D eigenvalue weighted by Crippen LogP contribution is 2.18. The first-order valence-corrected chi connectivity index (χ1v) is 8.99. The zero-order valence-corrected chi connectivity index (χ0v) is 15.1. The minimum absolute atomic E-state index is 0.137. The molecule has 1 aliphatic heterocycles. The number of aliphatic carboxylic acids is 1. The number of rotatable bonds is 8. The molecule has 2 atom stereocenters. The maximum Gasteiger partial charge on any atom is 0.326 e. The highest BCUT2D eigenvalue weighted by molar-refractivity contribution is 6.30. The third-order valence-electron chi connectivity index (χ3n) is 4.22. The number of carbonyl (C=O) groups is 3. The standard InChI is InChI=1S/C18H23ClN2O5/c19-14-7-5-12(6-8-14)17(23)20-9-1-4-15(22)21-16(18(24)25)13-3-2-10-26-11-13/h5-8,13,16H,1-4,9-11H2,(H,20,23)(H,21,22)(H,24,25). The first kappa shape index (κ1) is 20.2. The van der Waals surface area contributed by atoms with Gasteiger partial charge in [0, 0.05) is 36.1 Å². The number of hydrogen-bond donors (Lipinski definition) is 3. The van der Waals surface area contributed by atoms with E-state index >= 15 is 0 Å². The predicted molar refractivity (Wildman–Crippen MR) is 96.1 cm³/mol. The minimum Gasteiger partial charge on any atom is -0.480 e. The van der Waals surface area contributed by atoms with Crippen molar-refractivity contribution >= 4 is 29.4 Å². The molecule has 2 amide bonds. The summed E-state index contributed by atoms with van der Waals surface area (Å²) in [5.74, 6) is -1.85. The molecule has 0 aliphatic carbocycles. The summed E-state index contributed by atoms with van der Waals surface area (Å²) in [5.41, 5.74) is 0.488. The number of benzene rings is 1. The summed E-state index contributed by atoms with van der Waals surface area (Å²) in [6.07, 6.45) is 2.06. The maximum atomic E-state index is 12.0. The molecule has 0 radical (unpaired) electrons. The lowest BCUT2D eigenvalue weighted by Crippen LogP contribution is -2.48. The van der Waals surface area contributed by atoms with Crippen LogP contribution in [-0.4, -0.2) is 48.7 Å². The Hall–Kier alpha value is -2.12. The molecule has 1 fully saturated rings. The van der Waals surface area contributed by atoms with E-state index in [2.05, 4.69) is 10.6 Å². The van der Waals surface area contributed by atoms with Gasteiger partial charge in [0.15, 0.2) is 0 Å². The highest BCUT2D eigenvalue weighted by Gasteiger charge is 2.31. The summed E-state index contributed by atoms with van der Waals surface area (Å²) >= 11 is 5.77.